The Balaban J connectivity index is 1.50. The first-order valence-electron chi connectivity index (χ1n) is 12.6. The number of rotatable bonds is 12. The zero-order chi connectivity index (χ0) is 26.9. The van der Waals surface area contributed by atoms with E-state index >= 15 is 0 Å². The molecule has 196 valence electrons. The maximum Gasteiger partial charge on any atom is 0.307 e. The molecule has 0 unspecified atom stereocenters. The maximum atomic E-state index is 12.6. The molecule has 7 heteroatoms. The molecule has 0 atom stereocenters. The van der Waals surface area contributed by atoms with Crippen LogP contribution in [0, 0.1) is 6.92 Å². The summed E-state index contributed by atoms with van der Waals surface area (Å²) in [5.41, 5.74) is 7.05. The first kappa shape index (κ1) is 26.5. The van der Waals surface area contributed by atoms with E-state index in [2.05, 4.69) is 36.2 Å². The number of amides is 1. The number of nitrogens with zero attached hydrogens (tertiary/aromatic N) is 1. The van der Waals surface area contributed by atoms with Crippen LogP contribution >= 0.6 is 0 Å². The van der Waals surface area contributed by atoms with Gasteiger partial charge in [-0.15, -0.1) is 6.58 Å². The average Bonchev–Trinajstić information content (AvgIpc) is 3.33. The Morgan fingerprint density at radius 2 is 1.79 bits per heavy atom. The van der Waals surface area contributed by atoms with Crippen molar-refractivity contribution in [2.45, 2.75) is 33.8 Å². The molecular weight excluding hydrogens is 480 g/mol. The van der Waals surface area contributed by atoms with E-state index in [1.54, 1.807) is 24.4 Å². The minimum Gasteiger partial charge on any atom is -0.494 e. The number of furan rings is 1. The summed E-state index contributed by atoms with van der Waals surface area (Å²) in [5, 5.41) is 4.92. The number of carbonyl (C=O) groups excluding carboxylic acids is 1. The fourth-order valence-electron chi connectivity index (χ4n) is 3.94. The molecule has 3 aromatic carbocycles. The number of hydrazone groups is 1. The van der Waals surface area contributed by atoms with Crippen LogP contribution in [0.2, 0.25) is 0 Å². The normalized spacial score (nSPS) is 11.0. The Hall–Kier alpha value is -4.52. The molecule has 0 saturated heterocycles. The van der Waals surface area contributed by atoms with E-state index in [4.69, 9.17) is 18.6 Å². The Kier molecular flexibility index (Phi) is 8.82. The van der Waals surface area contributed by atoms with Crippen molar-refractivity contribution < 1.29 is 23.4 Å². The molecule has 1 N–H and O–H groups in total. The molecule has 0 saturated carbocycles. The van der Waals surface area contributed by atoms with Gasteiger partial charge in [-0.3, -0.25) is 4.79 Å². The molecule has 4 rings (SSSR count). The van der Waals surface area contributed by atoms with Gasteiger partial charge in [0.1, 0.15) is 17.9 Å². The molecular formula is C31H32N2O5. The highest BCUT2D eigenvalue weighted by atomic mass is 16.5. The number of carbonyl (C=O) groups is 1. The number of benzene rings is 3. The second kappa shape index (κ2) is 12.6. The minimum absolute atomic E-state index is 0.160. The topological polar surface area (TPSA) is 82.3 Å². The molecule has 1 amide bonds. The fourth-order valence-corrected chi connectivity index (χ4v) is 3.94. The quantitative estimate of drug-likeness (QED) is 0.131. The number of ether oxygens (including phenoxy) is 3. The summed E-state index contributed by atoms with van der Waals surface area (Å²) in [6, 6.07) is 19.1. The summed E-state index contributed by atoms with van der Waals surface area (Å²) >= 11 is 0. The van der Waals surface area contributed by atoms with Crippen LogP contribution in [-0.4, -0.2) is 25.3 Å². The number of nitrogens with one attached hydrogen (secondary N) is 1. The molecule has 0 aliphatic carbocycles. The molecule has 0 bridgehead atoms. The van der Waals surface area contributed by atoms with Crippen LogP contribution in [0.25, 0.3) is 11.0 Å². The van der Waals surface area contributed by atoms with E-state index in [0.717, 1.165) is 27.8 Å². The van der Waals surface area contributed by atoms with Gasteiger partial charge in [-0.1, -0.05) is 35.9 Å². The zero-order valence-corrected chi connectivity index (χ0v) is 22.0. The first-order valence-corrected chi connectivity index (χ1v) is 12.6. The first-order chi connectivity index (χ1) is 18.5. The minimum atomic E-state index is -0.454. The Labute approximate surface area is 222 Å². The second-order valence-corrected chi connectivity index (χ2v) is 8.65. The Bertz CT molecular complexity index is 1440. The standard InChI is InChI=1S/C31H32N2O5/c1-5-8-24-15-23(16-28(36-7-3)30(24)37-20-22-11-9-21(4)10-12-22)19-32-33-31(34)29-18-25-17-26(35-6-2)13-14-27(25)38-29/h5,9-19H,1,6-8,20H2,2-4H3,(H,33,34)/b32-19+. The van der Waals surface area contributed by atoms with Gasteiger partial charge < -0.3 is 18.6 Å². The van der Waals surface area contributed by atoms with Gasteiger partial charge in [-0.2, -0.15) is 5.10 Å². The third-order valence-electron chi connectivity index (χ3n) is 5.72. The third kappa shape index (κ3) is 6.62. The lowest BCUT2D eigenvalue weighted by molar-refractivity contribution is 0.0929. The summed E-state index contributed by atoms with van der Waals surface area (Å²) in [5.74, 6) is 1.70. The Morgan fingerprint density at radius 3 is 2.53 bits per heavy atom. The molecule has 7 nitrogen and oxygen atoms in total. The maximum absolute atomic E-state index is 12.6. The van der Waals surface area contributed by atoms with Crippen LogP contribution in [0.5, 0.6) is 17.2 Å². The van der Waals surface area contributed by atoms with E-state index < -0.39 is 5.91 Å². The number of hydrogen-bond donors (Lipinski definition) is 1. The molecule has 0 radical (unpaired) electrons. The lowest BCUT2D eigenvalue weighted by atomic mass is 10.1. The smallest absolute Gasteiger partial charge is 0.307 e. The second-order valence-electron chi connectivity index (χ2n) is 8.65. The molecule has 0 aliphatic heterocycles. The van der Waals surface area contributed by atoms with Crippen LogP contribution < -0.4 is 19.6 Å². The van der Waals surface area contributed by atoms with Gasteiger partial charge in [0, 0.05) is 10.9 Å². The van der Waals surface area contributed by atoms with Crippen molar-refractivity contribution in [2.24, 2.45) is 5.10 Å². The van der Waals surface area contributed by atoms with Gasteiger partial charge in [0.05, 0.1) is 19.4 Å². The monoisotopic (exact) mass is 512 g/mol. The van der Waals surface area contributed by atoms with Crippen molar-refractivity contribution >= 4 is 23.1 Å². The summed E-state index contributed by atoms with van der Waals surface area (Å²) in [7, 11) is 0. The van der Waals surface area contributed by atoms with Crippen molar-refractivity contribution in [1.29, 1.82) is 0 Å². The summed E-state index contributed by atoms with van der Waals surface area (Å²) in [6.07, 6.45) is 3.96. The van der Waals surface area contributed by atoms with Crippen LogP contribution in [0.1, 0.15) is 46.7 Å². The van der Waals surface area contributed by atoms with Gasteiger partial charge in [0.25, 0.3) is 0 Å². The van der Waals surface area contributed by atoms with Crippen molar-refractivity contribution in [3.05, 3.63) is 101 Å². The van der Waals surface area contributed by atoms with Gasteiger partial charge in [0.2, 0.25) is 0 Å². The van der Waals surface area contributed by atoms with Crippen molar-refractivity contribution in [3.63, 3.8) is 0 Å². The summed E-state index contributed by atoms with van der Waals surface area (Å²) in [6.45, 7) is 11.2. The summed E-state index contributed by atoms with van der Waals surface area (Å²) < 4.78 is 23.3. The third-order valence-corrected chi connectivity index (χ3v) is 5.72. The lowest BCUT2D eigenvalue weighted by Gasteiger charge is -2.17. The number of aryl methyl sites for hydroxylation is 1. The number of allylic oxidation sites excluding steroid dienone is 1. The SMILES string of the molecule is C=CCc1cc(/C=N/NC(=O)c2cc3cc(OCC)ccc3o2)cc(OCC)c1OCc1ccc(C)cc1. The van der Waals surface area contributed by atoms with E-state index in [1.165, 1.54) is 5.56 Å². The van der Waals surface area contributed by atoms with Gasteiger partial charge >= 0.3 is 5.91 Å². The molecule has 0 aliphatic rings. The lowest BCUT2D eigenvalue weighted by Crippen LogP contribution is -2.16. The molecule has 1 aromatic heterocycles. The van der Waals surface area contributed by atoms with E-state index in [1.807, 2.05) is 50.3 Å². The predicted octanol–water partition coefficient (Wildman–Crippen LogP) is 6.61. The highest BCUT2D eigenvalue weighted by Crippen LogP contribution is 2.34. The summed E-state index contributed by atoms with van der Waals surface area (Å²) in [4.78, 5) is 12.6. The zero-order valence-electron chi connectivity index (χ0n) is 22.0. The van der Waals surface area contributed by atoms with Gasteiger partial charge in [0.15, 0.2) is 17.3 Å². The van der Waals surface area contributed by atoms with Crippen molar-refractivity contribution in [3.8, 4) is 17.2 Å². The van der Waals surface area contributed by atoms with Crippen LogP contribution in [0.4, 0.5) is 0 Å². The fraction of sp³-hybridized carbons (Fsp3) is 0.226. The largest absolute Gasteiger partial charge is 0.494 e. The van der Waals surface area contributed by atoms with Crippen molar-refractivity contribution in [2.75, 3.05) is 13.2 Å². The highest BCUT2D eigenvalue weighted by molar-refractivity contribution is 5.96. The molecule has 4 aromatic rings. The van der Waals surface area contributed by atoms with E-state index in [-0.39, 0.29) is 5.76 Å². The molecule has 38 heavy (non-hydrogen) atoms. The molecule has 0 fully saturated rings. The van der Waals surface area contributed by atoms with E-state index in [9.17, 15) is 4.79 Å². The predicted molar refractivity (Wildman–Crippen MR) is 149 cm³/mol. The highest BCUT2D eigenvalue weighted by Gasteiger charge is 2.15. The van der Waals surface area contributed by atoms with Gasteiger partial charge in [-0.25, -0.2) is 5.43 Å². The number of hydrogen-bond acceptors (Lipinski definition) is 6. The van der Waals surface area contributed by atoms with Crippen LogP contribution in [0.3, 0.4) is 0 Å². The molecule has 0 spiro atoms. The number of fused-ring (bicyclic) bond motifs is 1. The van der Waals surface area contributed by atoms with Crippen LogP contribution in [-0.2, 0) is 13.0 Å². The van der Waals surface area contributed by atoms with Crippen LogP contribution in [0.15, 0.2) is 82.8 Å². The van der Waals surface area contributed by atoms with Crippen molar-refractivity contribution in [1.82, 2.24) is 5.43 Å². The molecule has 1 heterocycles. The van der Waals surface area contributed by atoms with E-state index in [0.29, 0.717) is 43.3 Å². The van der Waals surface area contributed by atoms with Gasteiger partial charge in [-0.05, 0) is 74.7 Å². The Morgan fingerprint density at radius 1 is 1.00 bits per heavy atom. The average molecular weight is 513 g/mol.